The van der Waals surface area contributed by atoms with Gasteiger partial charge in [0.25, 0.3) is 0 Å². The van der Waals surface area contributed by atoms with E-state index in [0.717, 1.165) is 17.3 Å². The van der Waals surface area contributed by atoms with Crippen molar-refractivity contribution in [1.82, 2.24) is 5.32 Å². The van der Waals surface area contributed by atoms with Crippen molar-refractivity contribution in [2.24, 2.45) is 0 Å². The molecule has 1 aliphatic rings. The van der Waals surface area contributed by atoms with Crippen LogP contribution in [0.1, 0.15) is 22.7 Å². The van der Waals surface area contributed by atoms with Gasteiger partial charge in [-0.1, -0.05) is 35.9 Å². The number of ether oxygens (including phenoxy) is 1. The fraction of sp³-hybridized carbons (Fsp3) is 0.250. The average Bonchev–Trinajstić information content (AvgIpc) is 2.81. The summed E-state index contributed by atoms with van der Waals surface area (Å²) < 4.78 is 5.67. The Labute approximate surface area is 118 Å². The highest BCUT2D eigenvalue weighted by atomic mass is 35.5. The molecule has 1 atom stereocenters. The van der Waals surface area contributed by atoms with Crippen molar-refractivity contribution in [3.63, 3.8) is 0 Å². The number of benzene rings is 2. The number of hydrogen-bond acceptors (Lipinski definition) is 2. The Morgan fingerprint density at radius 1 is 1.26 bits per heavy atom. The predicted molar refractivity (Wildman–Crippen MR) is 77.7 cm³/mol. The molecule has 19 heavy (non-hydrogen) atoms. The van der Waals surface area contributed by atoms with Crippen LogP contribution in [0.2, 0.25) is 5.02 Å². The van der Waals surface area contributed by atoms with Crippen molar-refractivity contribution in [2.45, 2.75) is 19.5 Å². The minimum atomic E-state index is 0.270. The van der Waals surface area contributed by atoms with E-state index in [1.807, 2.05) is 24.3 Å². The second-order valence-electron chi connectivity index (χ2n) is 4.85. The molecule has 1 aliphatic heterocycles. The predicted octanol–water partition coefficient (Wildman–Crippen LogP) is 3.87. The Morgan fingerprint density at radius 3 is 2.95 bits per heavy atom. The van der Waals surface area contributed by atoms with E-state index in [1.165, 1.54) is 16.7 Å². The summed E-state index contributed by atoms with van der Waals surface area (Å²) in [6, 6.07) is 14.5. The molecular formula is C16H16ClNO. The Morgan fingerprint density at radius 2 is 2.11 bits per heavy atom. The van der Waals surface area contributed by atoms with Crippen LogP contribution < -0.4 is 10.1 Å². The van der Waals surface area contributed by atoms with E-state index in [4.69, 9.17) is 16.3 Å². The molecule has 0 bridgehead atoms. The van der Waals surface area contributed by atoms with Gasteiger partial charge < -0.3 is 10.1 Å². The van der Waals surface area contributed by atoms with Crippen LogP contribution in [-0.4, -0.2) is 6.61 Å². The highest BCUT2D eigenvalue weighted by Crippen LogP contribution is 2.31. The topological polar surface area (TPSA) is 21.3 Å². The van der Waals surface area contributed by atoms with E-state index in [1.54, 1.807) is 0 Å². The zero-order valence-corrected chi connectivity index (χ0v) is 11.6. The van der Waals surface area contributed by atoms with Gasteiger partial charge in [-0.3, -0.25) is 0 Å². The van der Waals surface area contributed by atoms with Crippen LogP contribution in [0.5, 0.6) is 5.75 Å². The molecule has 2 nitrogen and oxygen atoms in total. The minimum Gasteiger partial charge on any atom is -0.491 e. The van der Waals surface area contributed by atoms with E-state index < -0.39 is 0 Å². The van der Waals surface area contributed by atoms with Gasteiger partial charge in [0.2, 0.25) is 0 Å². The molecule has 2 aromatic carbocycles. The summed E-state index contributed by atoms with van der Waals surface area (Å²) in [6.07, 6.45) is 0. The molecule has 1 unspecified atom stereocenters. The van der Waals surface area contributed by atoms with Crippen molar-refractivity contribution < 1.29 is 4.74 Å². The summed E-state index contributed by atoms with van der Waals surface area (Å²) >= 11 is 5.97. The van der Waals surface area contributed by atoms with Crippen LogP contribution in [0.3, 0.4) is 0 Å². The molecule has 98 valence electrons. The summed E-state index contributed by atoms with van der Waals surface area (Å²) in [5, 5.41) is 4.33. The molecular weight excluding hydrogens is 258 g/mol. The first-order chi connectivity index (χ1) is 9.24. The monoisotopic (exact) mass is 273 g/mol. The molecule has 0 saturated carbocycles. The SMILES string of the molecule is Cc1cc(Cl)ccc1CNC1COc2ccccc21. The third-order valence-corrected chi connectivity index (χ3v) is 3.78. The number of hydrogen-bond donors (Lipinski definition) is 1. The number of nitrogens with one attached hydrogen (secondary N) is 1. The molecule has 0 aliphatic carbocycles. The normalized spacial score (nSPS) is 17.1. The van der Waals surface area contributed by atoms with Gasteiger partial charge in [-0.15, -0.1) is 0 Å². The van der Waals surface area contributed by atoms with E-state index in [0.29, 0.717) is 6.61 Å². The Hall–Kier alpha value is -1.51. The lowest BCUT2D eigenvalue weighted by Gasteiger charge is -2.13. The van der Waals surface area contributed by atoms with Gasteiger partial charge >= 0.3 is 0 Å². The number of para-hydroxylation sites is 1. The lowest BCUT2D eigenvalue weighted by Crippen LogP contribution is -2.22. The highest BCUT2D eigenvalue weighted by Gasteiger charge is 2.22. The molecule has 0 aromatic heterocycles. The summed E-state index contributed by atoms with van der Waals surface area (Å²) in [4.78, 5) is 0. The lowest BCUT2D eigenvalue weighted by atomic mass is 10.1. The van der Waals surface area contributed by atoms with Crippen molar-refractivity contribution in [2.75, 3.05) is 6.61 Å². The molecule has 1 heterocycles. The van der Waals surface area contributed by atoms with E-state index in [2.05, 4.69) is 30.4 Å². The first kappa shape index (κ1) is 12.5. The molecule has 0 saturated heterocycles. The van der Waals surface area contributed by atoms with Crippen LogP contribution in [0, 0.1) is 6.92 Å². The van der Waals surface area contributed by atoms with Crippen molar-refractivity contribution in [3.8, 4) is 5.75 Å². The van der Waals surface area contributed by atoms with Crippen molar-refractivity contribution >= 4 is 11.6 Å². The van der Waals surface area contributed by atoms with Crippen LogP contribution in [-0.2, 0) is 6.54 Å². The maximum atomic E-state index is 5.97. The smallest absolute Gasteiger partial charge is 0.124 e. The first-order valence-corrected chi connectivity index (χ1v) is 6.82. The Balaban J connectivity index is 1.71. The van der Waals surface area contributed by atoms with Gasteiger partial charge in [0.05, 0.1) is 6.04 Å². The van der Waals surface area contributed by atoms with Crippen molar-refractivity contribution in [3.05, 3.63) is 64.2 Å². The molecule has 3 heteroatoms. The van der Waals surface area contributed by atoms with E-state index >= 15 is 0 Å². The maximum absolute atomic E-state index is 5.97. The minimum absolute atomic E-state index is 0.270. The summed E-state index contributed by atoms with van der Waals surface area (Å²) in [5.41, 5.74) is 3.73. The Bertz CT molecular complexity index is 597. The first-order valence-electron chi connectivity index (χ1n) is 6.44. The quantitative estimate of drug-likeness (QED) is 0.917. The summed E-state index contributed by atoms with van der Waals surface area (Å²) in [7, 11) is 0. The van der Waals surface area contributed by atoms with Crippen LogP contribution in [0.15, 0.2) is 42.5 Å². The van der Waals surface area contributed by atoms with Gasteiger partial charge in [-0.2, -0.15) is 0 Å². The van der Waals surface area contributed by atoms with Crippen LogP contribution in [0.4, 0.5) is 0 Å². The van der Waals surface area contributed by atoms with Gasteiger partial charge in [0.1, 0.15) is 12.4 Å². The fourth-order valence-corrected chi connectivity index (χ4v) is 2.65. The zero-order valence-electron chi connectivity index (χ0n) is 10.8. The largest absolute Gasteiger partial charge is 0.491 e. The summed E-state index contributed by atoms with van der Waals surface area (Å²) in [5.74, 6) is 0.993. The van der Waals surface area contributed by atoms with E-state index in [-0.39, 0.29) is 6.04 Å². The molecule has 1 N–H and O–H groups in total. The fourth-order valence-electron chi connectivity index (χ4n) is 2.42. The van der Waals surface area contributed by atoms with Gasteiger partial charge in [0, 0.05) is 17.1 Å². The number of aryl methyl sites for hydroxylation is 1. The number of rotatable bonds is 3. The molecule has 2 aromatic rings. The summed E-state index contributed by atoms with van der Waals surface area (Å²) in [6.45, 7) is 3.61. The molecule has 3 rings (SSSR count). The second-order valence-corrected chi connectivity index (χ2v) is 5.29. The standard InChI is InChI=1S/C16H16ClNO/c1-11-8-13(17)7-6-12(11)9-18-15-10-19-16-5-3-2-4-14(15)16/h2-8,15,18H,9-10H2,1H3. The third kappa shape index (κ3) is 2.60. The van der Waals surface area contributed by atoms with Crippen LogP contribution in [0.25, 0.3) is 0 Å². The maximum Gasteiger partial charge on any atom is 0.124 e. The molecule has 0 spiro atoms. The molecule has 0 radical (unpaired) electrons. The third-order valence-electron chi connectivity index (χ3n) is 3.54. The highest BCUT2D eigenvalue weighted by molar-refractivity contribution is 6.30. The van der Waals surface area contributed by atoms with Gasteiger partial charge in [-0.05, 0) is 36.2 Å². The van der Waals surface area contributed by atoms with E-state index in [9.17, 15) is 0 Å². The van der Waals surface area contributed by atoms with Gasteiger partial charge in [0.15, 0.2) is 0 Å². The van der Waals surface area contributed by atoms with Gasteiger partial charge in [-0.25, -0.2) is 0 Å². The average molecular weight is 274 g/mol. The van der Waals surface area contributed by atoms with Crippen LogP contribution >= 0.6 is 11.6 Å². The molecule has 0 fully saturated rings. The molecule has 0 amide bonds. The van der Waals surface area contributed by atoms with Crippen molar-refractivity contribution in [1.29, 1.82) is 0 Å². The lowest BCUT2D eigenvalue weighted by molar-refractivity contribution is 0.310. The Kier molecular flexibility index (Phi) is 3.45. The number of halogens is 1. The zero-order chi connectivity index (χ0) is 13.2. The number of fused-ring (bicyclic) bond motifs is 1. The second kappa shape index (κ2) is 5.24.